The number of aromatic nitrogens is 1. The maximum Gasteiger partial charge on any atom is 0.305 e. The number of benzene rings is 2. The third-order valence-electron chi connectivity index (χ3n) is 2.74. The molecule has 3 rings (SSSR count). The Hall–Kier alpha value is -1.87. The number of fused-ring (bicyclic) bond motifs is 1. The highest BCUT2D eigenvalue weighted by Gasteiger charge is 2.01. The molecule has 2 aromatic carbocycles. The van der Waals surface area contributed by atoms with Crippen LogP contribution in [-0.2, 0) is 6.42 Å². The van der Waals surface area contributed by atoms with Crippen molar-refractivity contribution >= 4 is 21.6 Å². The molecular weight excluding hydrogens is 230 g/mol. The molecule has 84 valence electrons. The van der Waals surface area contributed by atoms with Crippen molar-refractivity contribution in [2.75, 3.05) is 0 Å². The molecule has 0 aliphatic carbocycles. The van der Waals surface area contributed by atoms with Crippen LogP contribution in [0.2, 0.25) is 0 Å². The predicted octanol–water partition coefficient (Wildman–Crippen LogP) is 3.18. The van der Waals surface area contributed by atoms with Crippen molar-refractivity contribution in [3.63, 3.8) is 0 Å². The summed E-state index contributed by atoms with van der Waals surface area (Å²) in [5.74, 6) is 0. The summed E-state index contributed by atoms with van der Waals surface area (Å²) in [6.07, 6.45) is 0.906. The summed E-state index contributed by atoms with van der Waals surface area (Å²) in [4.78, 5) is 14.0. The van der Waals surface area contributed by atoms with Crippen molar-refractivity contribution in [1.82, 2.24) is 4.98 Å². The molecule has 17 heavy (non-hydrogen) atoms. The van der Waals surface area contributed by atoms with Crippen LogP contribution < -0.4 is 4.87 Å². The average Bonchev–Trinajstić information content (AvgIpc) is 2.70. The van der Waals surface area contributed by atoms with E-state index in [1.807, 2.05) is 24.3 Å². The van der Waals surface area contributed by atoms with Gasteiger partial charge < -0.3 is 4.98 Å². The third-order valence-corrected chi connectivity index (χ3v) is 3.58. The normalized spacial score (nSPS) is 10.8. The molecule has 0 radical (unpaired) electrons. The van der Waals surface area contributed by atoms with Gasteiger partial charge in [0, 0.05) is 0 Å². The summed E-state index contributed by atoms with van der Waals surface area (Å²) < 4.78 is 1.03. The van der Waals surface area contributed by atoms with Gasteiger partial charge in [-0.05, 0) is 29.7 Å². The zero-order chi connectivity index (χ0) is 11.7. The predicted molar refractivity (Wildman–Crippen MR) is 71.7 cm³/mol. The summed E-state index contributed by atoms with van der Waals surface area (Å²) >= 11 is 1.27. The van der Waals surface area contributed by atoms with Gasteiger partial charge in [0.25, 0.3) is 0 Å². The molecule has 0 unspecified atom stereocenters. The molecule has 3 aromatic rings. The van der Waals surface area contributed by atoms with Crippen LogP contribution in [0.1, 0.15) is 11.1 Å². The Balaban J connectivity index is 1.98. The van der Waals surface area contributed by atoms with Crippen LogP contribution in [-0.4, -0.2) is 4.98 Å². The van der Waals surface area contributed by atoms with E-state index in [0.717, 1.165) is 16.6 Å². The second-order valence-corrected chi connectivity index (χ2v) is 5.02. The summed E-state index contributed by atoms with van der Waals surface area (Å²) in [6.45, 7) is 0. The maximum atomic E-state index is 11.2. The van der Waals surface area contributed by atoms with Gasteiger partial charge in [0.1, 0.15) is 0 Å². The number of hydrogen-bond donors (Lipinski definition) is 1. The molecule has 0 aliphatic heterocycles. The molecular formula is C14H11NOS. The first-order chi connectivity index (χ1) is 8.31. The fourth-order valence-corrected chi connectivity index (χ4v) is 2.73. The molecule has 0 amide bonds. The van der Waals surface area contributed by atoms with Crippen molar-refractivity contribution in [2.45, 2.75) is 6.42 Å². The minimum atomic E-state index is 0.0110. The van der Waals surface area contributed by atoms with Crippen LogP contribution in [0.5, 0.6) is 0 Å². The van der Waals surface area contributed by atoms with Crippen LogP contribution in [0.25, 0.3) is 10.2 Å². The number of hydrogen-bond acceptors (Lipinski definition) is 2. The number of H-pyrrole nitrogens is 1. The Morgan fingerprint density at radius 3 is 2.65 bits per heavy atom. The molecule has 0 aliphatic rings. The van der Waals surface area contributed by atoms with Gasteiger partial charge in [0.2, 0.25) is 0 Å². The van der Waals surface area contributed by atoms with Crippen molar-refractivity contribution in [2.24, 2.45) is 0 Å². The highest BCUT2D eigenvalue weighted by Crippen LogP contribution is 2.18. The Bertz CT molecular complexity index is 697. The lowest BCUT2D eigenvalue weighted by Crippen LogP contribution is -1.89. The first kappa shape index (κ1) is 10.3. The van der Waals surface area contributed by atoms with E-state index >= 15 is 0 Å². The van der Waals surface area contributed by atoms with Gasteiger partial charge in [0.15, 0.2) is 0 Å². The average molecular weight is 241 g/mol. The molecule has 0 saturated heterocycles. The molecule has 0 fully saturated rings. The lowest BCUT2D eigenvalue weighted by atomic mass is 10.1. The van der Waals surface area contributed by atoms with Crippen LogP contribution in [0.15, 0.2) is 53.3 Å². The highest BCUT2D eigenvalue weighted by atomic mass is 32.1. The van der Waals surface area contributed by atoms with E-state index in [2.05, 4.69) is 29.2 Å². The molecule has 0 saturated carbocycles. The van der Waals surface area contributed by atoms with Gasteiger partial charge in [-0.2, -0.15) is 0 Å². The number of nitrogens with one attached hydrogen (secondary N) is 1. The van der Waals surface area contributed by atoms with Gasteiger partial charge in [-0.3, -0.25) is 4.79 Å². The van der Waals surface area contributed by atoms with Gasteiger partial charge in [-0.1, -0.05) is 47.7 Å². The van der Waals surface area contributed by atoms with Crippen molar-refractivity contribution in [3.05, 3.63) is 69.3 Å². The summed E-state index contributed by atoms with van der Waals surface area (Å²) in [7, 11) is 0. The van der Waals surface area contributed by atoms with Gasteiger partial charge in [0.05, 0.1) is 10.2 Å². The third kappa shape index (κ3) is 2.15. The zero-order valence-electron chi connectivity index (χ0n) is 9.14. The van der Waals surface area contributed by atoms with Gasteiger partial charge >= 0.3 is 4.87 Å². The van der Waals surface area contributed by atoms with E-state index in [1.54, 1.807) is 0 Å². The summed E-state index contributed by atoms with van der Waals surface area (Å²) in [5.41, 5.74) is 3.45. The summed E-state index contributed by atoms with van der Waals surface area (Å²) in [5, 5.41) is 0. The molecule has 0 atom stereocenters. The van der Waals surface area contributed by atoms with Crippen molar-refractivity contribution < 1.29 is 0 Å². The molecule has 1 aromatic heterocycles. The fraction of sp³-hybridized carbons (Fsp3) is 0.0714. The quantitative estimate of drug-likeness (QED) is 0.734. The first-order valence-electron chi connectivity index (χ1n) is 5.47. The van der Waals surface area contributed by atoms with E-state index in [4.69, 9.17) is 0 Å². The molecule has 2 nitrogen and oxygen atoms in total. The second-order valence-electron chi connectivity index (χ2n) is 4.01. The van der Waals surface area contributed by atoms with E-state index < -0.39 is 0 Å². The lowest BCUT2D eigenvalue weighted by Gasteiger charge is -2.01. The van der Waals surface area contributed by atoms with Crippen LogP contribution in [0.4, 0.5) is 0 Å². The Labute approximate surface area is 103 Å². The number of thiazole rings is 1. The van der Waals surface area contributed by atoms with E-state index in [-0.39, 0.29) is 4.87 Å². The van der Waals surface area contributed by atoms with Crippen molar-refractivity contribution in [3.8, 4) is 0 Å². The monoisotopic (exact) mass is 241 g/mol. The topological polar surface area (TPSA) is 32.9 Å². The van der Waals surface area contributed by atoms with Crippen LogP contribution in [0, 0.1) is 0 Å². The van der Waals surface area contributed by atoms with E-state index in [9.17, 15) is 4.79 Å². The largest absolute Gasteiger partial charge is 0.312 e. The Morgan fingerprint density at radius 2 is 1.82 bits per heavy atom. The molecule has 1 heterocycles. The van der Waals surface area contributed by atoms with Crippen LogP contribution >= 0.6 is 11.3 Å². The molecule has 0 spiro atoms. The van der Waals surface area contributed by atoms with E-state index in [1.165, 1.54) is 22.5 Å². The SMILES string of the molecule is O=c1[nH]c2ccc(Cc3ccccc3)cc2s1. The molecule has 0 bridgehead atoms. The minimum Gasteiger partial charge on any atom is -0.312 e. The second kappa shape index (κ2) is 4.18. The lowest BCUT2D eigenvalue weighted by molar-refractivity contribution is 1.20. The Kier molecular flexibility index (Phi) is 2.53. The van der Waals surface area contributed by atoms with Crippen LogP contribution in [0.3, 0.4) is 0 Å². The number of aromatic amines is 1. The molecule has 1 N–H and O–H groups in total. The van der Waals surface area contributed by atoms with E-state index in [0.29, 0.717) is 0 Å². The first-order valence-corrected chi connectivity index (χ1v) is 6.28. The van der Waals surface area contributed by atoms with Crippen molar-refractivity contribution in [1.29, 1.82) is 0 Å². The standard InChI is InChI=1S/C14H11NOS/c16-14-15-12-7-6-11(9-13(12)17-14)8-10-4-2-1-3-5-10/h1-7,9H,8H2,(H,15,16). The fourth-order valence-electron chi connectivity index (χ4n) is 1.93. The van der Waals surface area contributed by atoms with Gasteiger partial charge in [-0.15, -0.1) is 0 Å². The Morgan fingerprint density at radius 1 is 1.00 bits per heavy atom. The highest BCUT2D eigenvalue weighted by molar-refractivity contribution is 7.16. The maximum absolute atomic E-state index is 11.2. The minimum absolute atomic E-state index is 0.0110. The van der Waals surface area contributed by atoms with Gasteiger partial charge in [-0.25, -0.2) is 0 Å². The number of rotatable bonds is 2. The summed E-state index contributed by atoms with van der Waals surface area (Å²) in [6, 6.07) is 16.5. The zero-order valence-corrected chi connectivity index (χ0v) is 9.96. The smallest absolute Gasteiger partial charge is 0.305 e. The molecule has 3 heteroatoms.